The van der Waals surface area contributed by atoms with Gasteiger partial charge in [0.25, 0.3) is 5.69 Å². The van der Waals surface area contributed by atoms with E-state index >= 15 is 0 Å². The third-order valence-corrected chi connectivity index (χ3v) is 3.49. The van der Waals surface area contributed by atoms with E-state index in [9.17, 15) is 14.9 Å². The number of hydrogen-bond acceptors (Lipinski definition) is 7. The van der Waals surface area contributed by atoms with Gasteiger partial charge in [-0.3, -0.25) is 14.9 Å². The van der Waals surface area contributed by atoms with Gasteiger partial charge in [0.1, 0.15) is 6.04 Å². The molecule has 0 bridgehead atoms. The Morgan fingerprint density at radius 1 is 1.45 bits per heavy atom. The zero-order chi connectivity index (χ0) is 15.9. The van der Waals surface area contributed by atoms with Crippen molar-refractivity contribution < 1.29 is 9.72 Å². The van der Waals surface area contributed by atoms with Gasteiger partial charge < -0.3 is 5.32 Å². The molecule has 0 saturated carbocycles. The van der Waals surface area contributed by atoms with Crippen LogP contribution in [-0.4, -0.2) is 30.9 Å². The number of Topliss-reactive ketones (excluding diaryl/α,β-unsaturated/α-hetero) is 1. The molecule has 2 aromatic rings. The number of nitrogens with one attached hydrogen (secondary N) is 1. The summed E-state index contributed by atoms with van der Waals surface area (Å²) in [7, 11) is 0. The smallest absolute Gasteiger partial charge is 0.269 e. The maximum Gasteiger partial charge on any atom is 0.269 e. The van der Waals surface area contributed by atoms with Crippen LogP contribution in [0.25, 0.3) is 0 Å². The van der Waals surface area contributed by atoms with Crippen LogP contribution in [0, 0.1) is 10.1 Å². The second-order valence-electron chi connectivity index (χ2n) is 4.92. The van der Waals surface area contributed by atoms with Crippen LogP contribution in [0.3, 0.4) is 0 Å². The molecule has 1 atom stereocenters. The molecule has 0 radical (unpaired) electrons. The van der Waals surface area contributed by atoms with E-state index in [1.54, 1.807) is 19.1 Å². The van der Waals surface area contributed by atoms with E-state index in [4.69, 9.17) is 0 Å². The number of nitrogens with zero attached hydrogens (tertiary/aromatic N) is 5. The highest BCUT2D eigenvalue weighted by atomic mass is 16.6. The lowest BCUT2D eigenvalue weighted by Gasteiger charge is -2.27. The number of aromatic nitrogens is 4. The Kier molecular flexibility index (Phi) is 3.17. The van der Waals surface area contributed by atoms with E-state index in [0.29, 0.717) is 22.8 Å². The molecule has 1 N–H and O–H groups in total. The van der Waals surface area contributed by atoms with E-state index in [-0.39, 0.29) is 11.5 Å². The predicted octanol–water partition coefficient (Wildman–Crippen LogP) is 1.46. The third-order valence-electron chi connectivity index (χ3n) is 3.49. The van der Waals surface area contributed by atoms with Gasteiger partial charge in [-0.05, 0) is 29.8 Å². The van der Waals surface area contributed by atoms with Gasteiger partial charge in [0.2, 0.25) is 5.95 Å². The lowest BCUT2D eigenvalue weighted by Crippen LogP contribution is -2.27. The first-order valence-corrected chi connectivity index (χ1v) is 6.50. The number of tetrazole rings is 1. The number of rotatable bonds is 3. The highest BCUT2D eigenvalue weighted by Crippen LogP contribution is 2.35. The number of allylic oxidation sites excluding steroid dienone is 2. The first kappa shape index (κ1) is 13.9. The van der Waals surface area contributed by atoms with Crippen LogP contribution < -0.4 is 5.32 Å². The number of benzene rings is 1. The van der Waals surface area contributed by atoms with Crippen LogP contribution in [0.5, 0.6) is 0 Å². The molecule has 9 nitrogen and oxygen atoms in total. The minimum absolute atomic E-state index is 0.0498. The Morgan fingerprint density at radius 2 is 2.23 bits per heavy atom. The van der Waals surface area contributed by atoms with Crippen LogP contribution in [0.2, 0.25) is 0 Å². The summed E-state index contributed by atoms with van der Waals surface area (Å²) in [5.74, 6) is 0.238. The monoisotopic (exact) mass is 300 g/mol. The summed E-state index contributed by atoms with van der Waals surface area (Å²) in [6, 6.07) is 5.52. The minimum atomic E-state index is -0.594. The zero-order valence-corrected chi connectivity index (χ0v) is 11.8. The van der Waals surface area contributed by atoms with E-state index in [1.807, 2.05) is 0 Å². The van der Waals surface area contributed by atoms with E-state index in [0.717, 1.165) is 0 Å². The molecule has 0 spiro atoms. The molecule has 0 saturated heterocycles. The summed E-state index contributed by atoms with van der Waals surface area (Å²) in [4.78, 5) is 22.5. The predicted molar refractivity (Wildman–Crippen MR) is 76.1 cm³/mol. The van der Waals surface area contributed by atoms with Crippen molar-refractivity contribution in [1.82, 2.24) is 20.2 Å². The normalized spacial score (nSPS) is 16.9. The van der Waals surface area contributed by atoms with Crippen molar-refractivity contribution >= 4 is 17.4 Å². The molecule has 0 unspecified atom stereocenters. The summed E-state index contributed by atoms with van der Waals surface area (Å²) in [5.41, 5.74) is 1.63. The number of carbonyl (C=O) groups excluding carboxylic acids is 1. The van der Waals surface area contributed by atoms with Gasteiger partial charge in [-0.1, -0.05) is 17.2 Å². The largest absolute Gasteiger partial charge is 0.327 e. The molecular weight excluding hydrogens is 288 g/mol. The molecule has 2 heterocycles. The average molecular weight is 300 g/mol. The molecule has 22 heavy (non-hydrogen) atoms. The molecule has 0 amide bonds. The summed E-state index contributed by atoms with van der Waals surface area (Å²) in [6.07, 6.45) is 0. The molecule has 1 aromatic carbocycles. The number of non-ortho nitro benzene ring substituents is 1. The number of ketones is 1. The van der Waals surface area contributed by atoms with Gasteiger partial charge in [0, 0.05) is 23.4 Å². The lowest BCUT2D eigenvalue weighted by molar-refractivity contribution is -0.384. The Hall–Kier alpha value is -3.10. The van der Waals surface area contributed by atoms with Crippen LogP contribution in [-0.2, 0) is 4.79 Å². The number of hydrogen-bond donors (Lipinski definition) is 1. The highest BCUT2D eigenvalue weighted by Gasteiger charge is 2.32. The Bertz CT molecular complexity index is 810. The standard InChI is InChI=1S/C13H12N6O3/c1-7-11(8(2)20)12(18-13(14-7)15-16-17-18)9-4-3-5-10(6-9)19(21)22/h3-6,12H,1-2H3,(H,14,15,17)/t12-/m1/s1. The van der Waals surface area contributed by atoms with Crippen LogP contribution in [0.15, 0.2) is 35.5 Å². The summed E-state index contributed by atoms with van der Waals surface area (Å²) in [6.45, 7) is 3.19. The molecule has 112 valence electrons. The maximum absolute atomic E-state index is 12.0. The van der Waals surface area contributed by atoms with Gasteiger partial charge in [-0.25, -0.2) is 0 Å². The Morgan fingerprint density at radius 3 is 2.91 bits per heavy atom. The Balaban J connectivity index is 2.20. The van der Waals surface area contributed by atoms with Crippen molar-refractivity contribution in [3.63, 3.8) is 0 Å². The van der Waals surface area contributed by atoms with Gasteiger partial charge >= 0.3 is 0 Å². The number of fused-ring (bicyclic) bond motifs is 1. The Labute approximate surface area is 124 Å². The lowest BCUT2D eigenvalue weighted by atomic mass is 9.93. The minimum Gasteiger partial charge on any atom is -0.327 e. The van der Waals surface area contributed by atoms with Crippen LogP contribution in [0.4, 0.5) is 11.6 Å². The fourth-order valence-electron chi connectivity index (χ4n) is 2.59. The second-order valence-corrected chi connectivity index (χ2v) is 4.92. The topological polar surface area (TPSA) is 116 Å². The van der Waals surface area contributed by atoms with Crippen molar-refractivity contribution in [1.29, 1.82) is 0 Å². The molecular formula is C13H12N6O3. The molecule has 1 aliphatic heterocycles. The number of anilines is 1. The van der Waals surface area contributed by atoms with Crippen molar-refractivity contribution in [3.8, 4) is 0 Å². The van der Waals surface area contributed by atoms with Gasteiger partial charge in [-0.2, -0.15) is 4.68 Å². The van der Waals surface area contributed by atoms with Crippen molar-refractivity contribution in [2.24, 2.45) is 0 Å². The zero-order valence-electron chi connectivity index (χ0n) is 11.8. The van der Waals surface area contributed by atoms with Crippen LogP contribution in [0.1, 0.15) is 25.5 Å². The first-order valence-electron chi connectivity index (χ1n) is 6.50. The SMILES string of the molecule is CC(=O)C1=C(C)Nc2nnnn2[C@@H]1c1cccc([N+](=O)[O-])c1. The third kappa shape index (κ3) is 2.12. The van der Waals surface area contributed by atoms with Crippen molar-refractivity contribution in [2.45, 2.75) is 19.9 Å². The van der Waals surface area contributed by atoms with Gasteiger partial charge in [0.05, 0.1) is 4.92 Å². The molecule has 0 aliphatic carbocycles. The number of carbonyl (C=O) groups is 1. The first-order chi connectivity index (χ1) is 10.5. The van der Waals surface area contributed by atoms with Crippen molar-refractivity contribution in [2.75, 3.05) is 5.32 Å². The molecule has 1 aromatic heterocycles. The summed E-state index contributed by atoms with van der Waals surface area (Å²) >= 11 is 0. The highest BCUT2D eigenvalue weighted by molar-refractivity contribution is 5.96. The fraction of sp³-hybridized carbons (Fsp3) is 0.231. The molecule has 3 rings (SSSR count). The maximum atomic E-state index is 12.0. The van der Waals surface area contributed by atoms with E-state index < -0.39 is 11.0 Å². The molecule has 1 aliphatic rings. The summed E-state index contributed by atoms with van der Waals surface area (Å²) < 4.78 is 1.45. The molecule has 0 fully saturated rings. The van der Waals surface area contributed by atoms with Crippen molar-refractivity contribution in [3.05, 3.63) is 51.2 Å². The number of nitro groups is 1. The van der Waals surface area contributed by atoms with E-state index in [1.165, 1.54) is 23.7 Å². The fourth-order valence-corrected chi connectivity index (χ4v) is 2.59. The molecule has 9 heteroatoms. The van der Waals surface area contributed by atoms with Gasteiger partial charge in [-0.15, -0.1) is 0 Å². The average Bonchev–Trinajstić information content (AvgIpc) is 2.93. The number of nitro benzene ring substituents is 1. The summed E-state index contributed by atoms with van der Waals surface area (Å²) in [5, 5.41) is 25.3. The quantitative estimate of drug-likeness (QED) is 0.673. The second kappa shape index (κ2) is 5.02. The van der Waals surface area contributed by atoms with E-state index in [2.05, 4.69) is 20.8 Å². The van der Waals surface area contributed by atoms with Gasteiger partial charge in [0.15, 0.2) is 5.78 Å². The van der Waals surface area contributed by atoms with Crippen LogP contribution >= 0.6 is 0 Å².